The predicted molar refractivity (Wildman–Crippen MR) is 53.6 cm³/mol. The molecular weight excluding hydrogens is 168 g/mol. The van der Waals surface area contributed by atoms with Gasteiger partial charge in [-0.2, -0.15) is 11.8 Å². The van der Waals surface area contributed by atoms with Crippen LogP contribution in [0.25, 0.3) is 0 Å². The molecule has 2 aliphatic rings. The summed E-state index contributed by atoms with van der Waals surface area (Å²) in [6.07, 6.45) is 6.06. The zero-order chi connectivity index (χ0) is 8.39. The third-order valence-electron chi connectivity index (χ3n) is 2.93. The van der Waals surface area contributed by atoms with Gasteiger partial charge in [0, 0.05) is 11.0 Å². The Morgan fingerprint density at radius 2 is 2.08 bits per heavy atom. The van der Waals surface area contributed by atoms with Gasteiger partial charge in [0.1, 0.15) is 0 Å². The molecule has 0 bridgehead atoms. The molecule has 0 spiro atoms. The summed E-state index contributed by atoms with van der Waals surface area (Å²) < 4.78 is 5.90. The lowest BCUT2D eigenvalue weighted by molar-refractivity contribution is -0.000769. The first-order valence-electron chi connectivity index (χ1n) is 5.09. The summed E-state index contributed by atoms with van der Waals surface area (Å²) in [4.78, 5) is 0. The molecule has 1 heterocycles. The van der Waals surface area contributed by atoms with Crippen molar-refractivity contribution >= 4 is 11.8 Å². The quantitative estimate of drug-likeness (QED) is 0.627. The van der Waals surface area contributed by atoms with Crippen molar-refractivity contribution < 1.29 is 4.74 Å². The number of thioether (sulfide) groups is 1. The topological polar surface area (TPSA) is 9.23 Å². The summed E-state index contributed by atoms with van der Waals surface area (Å²) in [7, 11) is 0. The van der Waals surface area contributed by atoms with Crippen LogP contribution in [0.5, 0.6) is 0 Å². The molecule has 1 saturated heterocycles. The van der Waals surface area contributed by atoms with E-state index in [0.717, 1.165) is 17.8 Å². The lowest BCUT2D eigenvalue weighted by Crippen LogP contribution is -2.26. The van der Waals surface area contributed by atoms with Crippen molar-refractivity contribution in [2.45, 2.75) is 44.0 Å². The highest BCUT2D eigenvalue weighted by Crippen LogP contribution is 2.32. The van der Waals surface area contributed by atoms with Gasteiger partial charge in [-0.05, 0) is 18.8 Å². The molecule has 1 nitrogen and oxygen atoms in total. The normalized spacial score (nSPS) is 41.2. The van der Waals surface area contributed by atoms with Crippen molar-refractivity contribution in [2.75, 3.05) is 12.4 Å². The molecule has 0 N–H and O–H groups in total. The number of ether oxygens (including phenoxy) is 1. The van der Waals surface area contributed by atoms with E-state index in [2.05, 4.69) is 6.92 Å². The molecule has 2 fully saturated rings. The molecule has 0 aromatic carbocycles. The molecule has 0 radical (unpaired) electrons. The van der Waals surface area contributed by atoms with E-state index in [9.17, 15) is 0 Å². The average molecular weight is 186 g/mol. The van der Waals surface area contributed by atoms with Crippen LogP contribution < -0.4 is 0 Å². The van der Waals surface area contributed by atoms with Crippen molar-refractivity contribution in [1.82, 2.24) is 0 Å². The minimum Gasteiger partial charge on any atom is -0.377 e. The molecule has 1 saturated carbocycles. The Balaban J connectivity index is 1.68. The van der Waals surface area contributed by atoms with Gasteiger partial charge in [-0.1, -0.05) is 19.8 Å². The van der Waals surface area contributed by atoms with E-state index in [1.807, 2.05) is 11.8 Å². The van der Waals surface area contributed by atoms with Gasteiger partial charge in [0.2, 0.25) is 0 Å². The molecular formula is C10H18OS. The molecule has 0 aromatic heterocycles. The third-order valence-corrected chi connectivity index (χ3v) is 3.87. The van der Waals surface area contributed by atoms with Crippen LogP contribution in [0, 0.1) is 5.92 Å². The lowest BCUT2D eigenvalue weighted by Gasteiger charge is -2.28. The fraction of sp³-hybridized carbons (Fsp3) is 1.00. The van der Waals surface area contributed by atoms with Crippen molar-refractivity contribution in [3.8, 4) is 0 Å². The van der Waals surface area contributed by atoms with E-state index in [4.69, 9.17) is 4.74 Å². The van der Waals surface area contributed by atoms with E-state index < -0.39 is 0 Å². The Hall–Kier alpha value is 0.310. The highest BCUT2D eigenvalue weighted by atomic mass is 32.2. The molecule has 2 heteroatoms. The molecule has 2 rings (SSSR count). The predicted octanol–water partition coefficient (Wildman–Crippen LogP) is 2.70. The van der Waals surface area contributed by atoms with Gasteiger partial charge in [0.25, 0.3) is 0 Å². The van der Waals surface area contributed by atoms with Gasteiger partial charge in [-0.3, -0.25) is 0 Å². The van der Waals surface area contributed by atoms with E-state index in [0.29, 0.717) is 6.10 Å². The molecule has 1 aliphatic heterocycles. The zero-order valence-corrected chi connectivity index (χ0v) is 8.61. The van der Waals surface area contributed by atoms with E-state index in [1.165, 1.54) is 31.4 Å². The summed E-state index contributed by atoms with van der Waals surface area (Å²) in [6, 6.07) is 0. The highest BCUT2D eigenvalue weighted by molar-refractivity contribution is 8.06. The summed E-state index contributed by atoms with van der Waals surface area (Å²) >= 11 is 2.03. The number of hydrogen-bond acceptors (Lipinski definition) is 2. The van der Waals surface area contributed by atoms with Crippen LogP contribution in [-0.4, -0.2) is 23.7 Å². The maximum atomic E-state index is 5.90. The van der Waals surface area contributed by atoms with Crippen LogP contribution in [0.1, 0.15) is 32.6 Å². The maximum absolute atomic E-state index is 5.90. The second-order valence-electron chi connectivity index (χ2n) is 4.09. The lowest BCUT2D eigenvalue weighted by atomic mass is 9.88. The SMILES string of the molecule is CC1CCCCC1OCC1CS1. The molecule has 1 aliphatic carbocycles. The fourth-order valence-electron chi connectivity index (χ4n) is 1.93. The standard InChI is InChI=1S/C10H18OS/c1-8-4-2-3-5-10(8)11-6-9-7-12-9/h8-10H,2-7H2,1H3. The van der Waals surface area contributed by atoms with Crippen LogP contribution in [0.2, 0.25) is 0 Å². The Kier molecular flexibility index (Phi) is 2.97. The minimum absolute atomic E-state index is 0.583. The van der Waals surface area contributed by atoms with Gasteiger partial charge in [0.15, 0.2) is 0 Å². The van der Waals surface area contributed by atoms with Gasteiger partial charge < -0.3 is 4.74 Å². The smallest absolute Gasteiger partial charge is 0.0601 e. The number of rotatable bonds is 3. The minimum atomic E-state index is 0.583. The van der Waals surface area contributed by atoms with Crippen LogP contribution in [0.15, 0.2) is 0 Å². The van der Waals surface area contributed by atoms with Crippen molar-refractivity contribution in [3.63, 3.8) is 0 Å². The van der Waals surface area contributed by atoms with Gasteiger partial charge in [-0.15, -0.1) is 0 Å². The first kappa shape index (κ1) is 8.89. The molecule has 3 atom stereocenters. The fourth-order valence-corrected chi connectivity index (χ4v) is 2.33. The van der Waals surface area contributed by atoms with Gasteiger partial charge in [-0.25, -0.2) is 0 Å². The first-order chi connectivity index (χ1) is 5.86. The average Bonchev–Trinajstić information content (AvgIpc) is 2.86. The summed E-state index contributed by atoms with van der Waals surface area (Å²) in [5.74, 6) is 2.14. The Morgan fingerprint density at radius 1 is 1.33 bits per heavy atom. The van der Waals surface area contributed by atoms with Crippen LogP contribution >= 0.6 is 11.8 Å². The van der Waals surface area contributed by atoms with Crippen LogP contribution in [0.3, 0.4) is 0 Å². The molecule has 70 valence electrons. The Labute approximate surface area is 79.2 Å². The van der Waals surface area contributed by atoms with E-state index >= 15 is 0 Å². The van der Waals surface area contributed by atoms with Crippen LogP contribution in [-0.2, 0) is 4.74 Å². The van der Waals surface area contributed by atoms with Crippen LogP contribution in [0.4, 0.5) is 0 Å². The largest absolute Gasteiger partial charge is 0.377 e. The molecule has 0 amide bonds. The maximum Gasteiger partial charge on any atom is 0.0601 e. The van der Waals surface area contributed by atoms with Gasteiger partial charge in [0.05, 0.1) is 12.7 Å². The van der Waals surface area contributed by atoms with E-state index in [-0.39, 0.29) is 0 Å². The summed E-state index contributed by atoms with van der Waals surface area (Å²) in [6.45, 7) is 3.35. The Morgan fingerprint density at radius 3 is 2.75 bits per heavy atom. The second-order valence-corrected chi connectivity index (χ2v) is 5.42. The van der Waals surface area contributed by atoms with Gasteiger partial charge >= 0.3 is 0 Å². The number of hydrogen-bond donors (Lipinski definition) is 0. The second kappa shape index (κ2) is 4.01. The first-order valence-corrected chi connectivity index (χ1v) is 6.14. The summed E-state index contributed by atoms with van der Waals surface area (Å²) in [5, 5.41) is 0.846. The van der Waals surface area contributed by atoms with E-state index in [1.54, 1.807) is 0 Å². The zero-order valence-electron chi connectivity index (χ0n) is 7.79. The Bertz CT molecular complexity index is 145. The van der Waals surface area contributed by atoms with Crippen molar-refractivity contribution in [2.24, 2.45) is 5.92 Å². The summed E-state index contributed by atoms with van der Waals surface area (Å²) in [5.41, 5.74) is 0. The third kappa shape index (κ3) is 2.40. The highest BCUT2D eigenvalue weighted by Gasteiger charge is 2.27. The van der Waals surface area contributed by atoms with Crippen molar-refractivity contribution in [1.29, 1.82) is 0 Å². The molecule has 3 unspecified atom stereocenters. The van der Waals surface area contributed by atoms with Crippen molar-refractivity contribution in [3.05, 3.63) is 0 Å². The molecule has 0 aromatic rings. The molecule has 12 heavy (non-hydrogen) atoms. The monoisotopic (exact) mass is 186 g/mol.